The van der Waals surface area contributed by atoms with Crippen molar-refractivity contribution in [3.05, 3.63) is 152 Å². The first-order chi connectivity index (χ1) is 20.0. The van der Waals surface area contributed by atoms with Gasteiger partial charge in [-0.15, -0.1) is 0 Å². The van der Waals surface area contributed by atoms with Gasteiger partial charge in [0, 0.05) is 6.61 Å². The van der Waals surface area contributed by atoms with Crippen LogP contribution in [0, 0.1) is 0 Å². The summed E-state index contributed by atoms with van der Waals surface area (Å²) in [4.78, 5) is 0. The van der Waals surface area contributed by atoms with Crippen molar-refractivity contribution in [2.45, 2.75) is 38.7 Å². The molecule has 0 amide bonds. The number of benzene rings is 5. The van der Waals surface area contributed by atoms with E-state index in [0.29, 0.717) is 0 Å². The summed E-state index contributed by atoms with van der Waals surface area (Å²) in [6.07, 6.45) is 3.25. The Balaban J connectivity index is 0.00000405. The van der Waals surface area contributed by atoms with Crippen LogP contribution >= 0.6 is 7.26 Å². The van der Waals surface area contributed by atoms with Gasteiger partial charge in [-0.3, -0.25) is 0 Å². The van der Waals surface area contributed by atoms with E-state index in [1.807, 2.05) is 0 Å². The molecular weight excluding hydrogens is 611 g/mol. The average Bonchev–Trinajstić information content (AvgIpc) is 3.02. The molecule has 0 saturated carbocycles. The van der Waals surface area contributed by atoms with E-state index in [4.69, 9.17) is 4.43 Å². The van der Waals surface area contributed by atoms with Crippen molar-refractivity contribution in [2.75, 3.05) is 12.8 Å². The summed E-state index contributed by atoms with van der Waals surface area (Å²) >= 11 is 0. The molecule has 0 radical (unpaired) electrons. The van der Waals surface area contributed by atoms with Crippen LogP contribution in [0.15, 0.2) is 152 Å². The average molecular weight is 654 g/mol. The predicted molar refractivity (Wildman–Crippen MR) is 183 cm³/mol. The van der Waals surface area contributed by atoms with Gasteiger partial charge in [0.05, 0.1) is 6.16 Å². The molecule has 0 saturated heterocycles. The summed E-state index contributed by atoms with van der Waals surface area (Å²) in [5.41, 5.74) is 0. The fourth-order valence-corrected chi connectivity index (χ4v) is 15.3. The highest BCUT2D eigenvalue weighted by molar-refractivity contribution is 7.95. The van der Waals surface area contributed by atoms with Crippen LogP contribution in [-0.2, 0) is 4.43 Å². The van der Waals surface area contributed by atoms with Crippen molar-refractivity contribution >= 4 is 41.9 Å². The molecule has 0 aliphatic rings. The van der Waals surface area contributed by atoms with E-state index < -0.39 is 15.6 Å². The van der Waals surface area contributed by atoms with E-state index in [9.17, 15) is 0 Å². The van der Waals surface area contributed by atoms with Gasteiger partial charge >= 0.3 is 0 Å². The molecule has 0 aromatic heterocycles. The maximum absolute atomic E-state index is 7.25. The first-order valence-corrected chi connectivity index (χ1v) is 18.7. The summed E-state index contributed by atoms with van der Waals surface area (Å²) in [7, 11) is -4.35. The third-order valence-corrected chi connectivity index (χ3v) is 17.8. The highest BCUT2D eigenvalue weighted by atomic mass is 79.9. The third kappa shape index (κ3) is 6.56. The Morgan fingerprint density at radius 2 is 0.833 bits per heavy atom. The van der Waals surface area contributed by atoms with Gasteiger partial charge in [-0.2, -0.15) is 0 Å². The predicted octanol–water partition coefficient (Wildman–Crippen LogP) is 4.34. The van der Waals surface area contributed by atoms with Gasteiger partial charge in [0.25, 0.3) is 8.32 Å². The van der Waals surface area contributed by atoms with Crippen LogP contribution in [0.2, 0.25) is 5.04 Å². The Kier molecular flexibility index (Phi) is 11.1. The number of hydrogen-bond acceptors (Lipinski definition) is 1. The maximum Gasteiger partial charge on any atom is 0.261 e. The molecule has 0 fully saturated rings. The van der Waals surface area contributed by atoms with Crippen molar-refractivity contribution in [3.8, 4) is 0 Å². The lowest BCUT2D eigenvalue weighted by Gasteiger charge is -2.43. The Morgan fingerprint density at radius 1 is 0.500 bits per heavy atom. The zero-order chi connectivity index (χ0) is 28.6. The fraction of sp³-hybridized carbons (Fsp3) is 0.211. The van der Waals surface area contributed by atoms with Crippen LogP contribution < -0.4 is 43.3 Å². The summed E-state index contributed by atoms with van der Waals surface area (Å²) in [6, 6.07) is 55.6. The monoisotopic (exact) mass is 652 g/mol. The van der Waals surface area contributed by atoms with E-state index in [1.54, 1.807) is 0 Å². The largest absolute Gasteiger partial charge is 1.00 e. The van der Waals surface area contributed by atoms with Crippen molar-refractivity contribution in [2.24, 2.45) is 0 Å². The van der Waals surface area contributed by atoms with Crippen LogP contribution in [0.4, 0.5) is 0 Å². The molecule has 0 unspecified atom stereocenters. The second-order valence-electron chi connectivity index (χ2n) is 11.8. The quantitative estimate of drug-likeness (QED) is 0.117. The zero-order valence-electron chi connectivity index (χ0n) is 25.0. The number of unbranched alkanes of at least 4 members (excludes halogenated alkanes) is 1. The second kappa shape index (κ2) is 14.6. The molecule has 5 aromatic rings. The highest BCUT2D eigenvalue weighted by Crippen LogP contribution is 2.56. The lowest BCUT2D eigenvalue weighted by atomic mass is 10.2. The second-order valence-corrected chi connectivity index (χ2v) is 19.7. The van der Waals surface area contributed by atoms with Crippen LogP contribution in [0.25, 0.3) is 0 Å². The Bertz CT molecular complexity index is 1340. The molecule has 0 aliphatic heterocycles. The lowest BCUT2D eigenvalue weighted by molar-refractivity contribution is -0.00000886. The summed E-state index contributed by atoms with van der Waals surface area (Å²) in [5.74, 6) is 0. The van der Waals surface area contributed by atoms with E-state index in [1.165, 1.54) is 26.3 Å². The van der Waals surface area contributed by atoms with Gasteiger partial charge < -0.3 is 21.4 Å². The Hall–Kier alpha value is -2.81. The Morgan fingerprint density at radius 3 is 1.17 bits per heavy atom. The first-order valence-electron chi connectivity index (χ1n) is 14.8. The van der Waals surface area contributed by atoms with E-state index in [-0.39, 0.29) is 22.0 Å². The molecule has 42 heavy (non-hydrogen) atoms. The molecule has 0 spiro atoms. The van der Waals surface area contributed by atoms with Gasteiger partial charge in [-0.1, -0.05) is 136 Å². The van der Waals surface area contributed by atoms with Crippen LogP contribution in [0.5, 0.6) is 0 Å². The third-order valence-electron chi connectivity index (χ3n) is 8.21. The molecular formula is C38H42BrOPSi. The van der Waals surface area contributed by atoms with Crippen molar-refractivity contribution in [3.63, 3.8) is 0 Å². The van der Waals surface area contributed by atoms with Gasteiger partial charge in [0.1, 0.15) is 23.2 Å². The minimum atomic E-state index is -2.53. The van der Waals surface area contributed by atoms with Gasteiger partial charge in [-0.25, -0.2) is 0 Å². The maximum atomic E-state index is 7.25. The van der Waals surface area contributed by atoms with E-state index >= 15 is 0 Å². The van der Waals surface area contributed by atoms with Gasteiger partial charge in [-0.05, 0) is 64.7 Å². The van der Waals surface area contributed by atoms with Crippen LogP contribution in [0.1, 0.15) is 33.6 Å². The minimum Gasteiger partial charge on any atom is -1.00 e. The van der Waals surface area contributed by atoms with Crippen LogP contribution in [0.3, 0.4) is 0 Å². The molecule has 4 heteroatoms. The molecule has 1 nitrogen and oxygen atoms in total. The van der Waals surface area contributed by atoms with Gasteiger partial charge in [0.15, 0.2) is 0 Å². The normalized spacial score (nSPS) is 12.0. The molecule has 5 rings (SSSR count). The lowest BCUT2D eigenvalue weighted by Crippen LogP contribution is -3.00. The fourth-order valence-electron chi connectivity index (χ4n) is 6.32. The minimum absolute atomic E-state index is 0. The first kappa shape index (κ1) is 32.1. The topological polar surface area (TPSA) is 9.23 Å². The summed E-state index contributed by atoms with van der Waals surface area (Å²) in [5, 5.41) is 7.03. The molecule has 216 valence electrons. The molecule has 0 aliphatic carbocycles. The summed E-state index contributed by atoms with van der Waals surface area (Å²) < 4.78 is 7.25. The zero-order valence-corrected chi connectivity index (χ0v) is 28.5. The standard InChI is InChI=1S/C38H42OPSi.BrH/c1-38(2,3)41(36-27-15-7-16-28-36,37-29-17-8-18-30-37)39-31-19-20-32-40(33-21-9-4-10-22-33,34-23-11-5-12-24-34)35-25-13-6-14-26-35;/h4-18,21-30H,19-20,31-32H2,1-3H3;1H/q+1;/p-1. The summed E-state index contributed by atoms with van der Waals surface area (Å²) in [6.45, 7) is 7.83. The van der Waals surface area contributed by atoms with E-state index in [0.717, 1.165) is 25.6 Å². The highest BCUT2D eigenvalue weighted by Gasteiger charge is 2.50. The number of rotatable bonds is 11. The van der Waals surface area contributed by atoms with E-state index in [2.05, 4.69) is 172 Å². The van der Waals surface area contributed by atoms with Gasteiger partial charge in [0.2, 0.25) is 0 Å². The number of halogens is 1. The molecule has 0 heterocycles. The van der Waals surface area contributed by atoms with Crippen molar-refractivity contribution < 1.29 is 21.4 Å². The molecule has 5 aromatic carbocycles. The molecule has 0 atom stereocenters. The smallest absolute Gasteiger partial charge is 0.261 e. The van der Waals surface area contributed by atoms with Crippen molar-refractivity contribution in [1.82, 2.24) is 0 Å². The SMILES string of the molecule is CC(C)(C)[Si](OCCCC[P+](c1ccccc1)(c1ccccc1)c1ccccc1)(c1ccccc1)c1ccccc1.[Br-]. The molecule has 0 bridgehead atoms. The molecule has 0 N–H and O–H groups in total. The Labute approximate surface area is 265 Å². The number of hydrogen-bond donors (Lipinski definition) is 0. The van der Waals surface area contributed by atoms with Crippen molar-refractivity contribution in [1.29, 1.82) is 0 Å². The van der Waals surface area contributed by atoms with Crippen LogP contribution in [-0.4, -0.2) is 21.1 Å².